The Kier molecular flexibility index (Phi) is 41.9. The second kappa shape index (κ2) is 48.8. The zero-order chi connectivity index (χ0) is 63.1. The minimum Gasteiger partial charge on any atom is -0.490 e. The maximum absolute atomic E-state index is 16.1. The number of carbonyl (C=O) groups excluding carboxylic acids is 1. The van der Waals surface area contributed by atoms with Crippen molar-refractivity contribution < 1.29 is 47.4 Å². The van der Waals surface area contributed by atoms with Crippen molar-refractivity contribution in [2.45, 2.75) is 300 Å². The predicted molar refractivity (Wildman–Crippen MR) is 365 cm³/mol. The van der Waals surface area contributed by atoms with E-state index in [2.05, 4.69) is 85.3 Å². The number of ether oxygens (including phenoxy) is 9. The first kappa shape index (κ1) is 75.5. The summed E-state index contributed by atoms with van der Waals surface area (Å²) in [5.74, 6) is 5.15. The van der Waals surface area contributed by atoms with E-state index >= 15 is 4.79 Å². The molecule has 0 aromatic heterocycles. The number of hydrogen-bond donors (Lipinski definition) is 2. The molecule has 14 nitrogen and oxygen atoms in total. The Morgan fingerprint density at radius 1 is 0.273 bits per heavy atom. The highest BCUT2D eigenvalue weighted by Gasteiger charge is 2.38. The quantitative estimate of drug-likeness (QED) is 0.0522. The molecule has 1 aliphatic rings. The summed E-state index contributed by atoms with van der Waals surface area (Å²) in [4.78, 5) is 16.1. The monoisotopic (exact) mass is 1230 g/mol. The molecule has 4 rings (SSSR count). The third-order valence-electron chi connectivity index (χ3n) is 16.1. The van der Waals surface area contributed by atoms with E-state index < -0.39 is 12.2 Å². The molecule has 0 bridgehead atoms. The van der Waals surface area contributed by atoms with Gasteiger partial charge in [0, 0.05) is 24.3 Å². The van der Waals surface area contributed by atoms with Crippen molar-refractivity contribution in [3.8, 4) is 51.7 Å². The molecule has 1 fully saturated rings. The highest BCUT2D eigenvalue weighted by atomic mass is 16.6. The van der Waals surface area contributed by atoms with Crippen LogP contribution in [0.4, 0.5) is 16.2 Å². The van der Waals surface area contributed by atoms with Crippen LogP contribution in [0.2, 0.25) is 0 Å². The molecule has 502 valence electrons. The van der Waals surface area contributed by atoms with E-state index in [-0.39, 0.29) is 0 Å². The van der Waals surface area contributed by atoms with Crippen LogP contribution in [-0.2, 0) is 0 Å². The first-order chi connectivity index (χ1) is 43.3. The maximum atomic E-state index is 16.1. The van der Waals surface area contributed by atoms with Gasteiger partial charge < -0.3 is 42.6 Å². The van der Waals surface area contributed by atoms with E-state index in [4.69, 9.17) is 42.6 Å². The molecule has 0 saturated carbocycles. The number of benzene rings is 3. The van der Waals surface area contributed by atoms with Crippen molar-refractivity contribution in [1.29, 1.82) is 0 Å². The number of amides is 2. The van der Waals surface area contributed by atoms with E-state index in [1.54, 1.807) is 10.0 Å². The summed E-state index contributed by atoms with van der Waals surface area (Å²) in [6.07, 6.45) is 37.2. The standard InChI is InChI=1S/C74H126N4O10/c1-10-19-28-37-46-80-64-55-61(56-65(81-47-38-29-20-11-2)70(64)86-52-43-34-25-16-7)73-75-77(62-57-66(82-48-39-30-21-12-3)71(87-53-44-35-26-17-8)67(58-62)83-49-40-31-22-13-4)74(79)78(76-73)63-59-68(84-50-41-32-23-14-5)72(88-54-45-36-27-18-9)69(60-63)85-51-42-33-24-15-6/h55-60,73,75-76H,10-54H2,1-9H3. The summed E-state index contributed by atoms with van der Waals surface area (Å²) < 4.78 is 61.0. The first-order valence-corrected chi connectivity index (χ1v) is 36.2. The normalized spacial score (nSPS) is 12.7. The largest absolute Gasteiger partial charge is 0.490 e. The molecule has 0 radical (unpaired) electrons. The molecular formula is C74H126N4O10. The predicted octanol–water partition coefficient (Wildman–Crippen LogP) is 21.5. The Morgan fingerprint density at radius 2 is 0.466 bits per heavy atom. The third kappa shape index (κ3) is 28.9. The van der Waals surface area contributed by atoms with Gasteiger partial charge in [-0.3, -0.25) is 0 Å². The molecule has 0 spiro atoms. The summed E-state index contributed by atoms with van der Waals surface area (Å²) in [6, 6.07) is 11.5. The van der Waals surface area contributed by atoms with Gasteiger partial charge in [-0.15, -0.1) is 0 Å². The second-order valence-electron chi connectivity index (χ2n) is 24.2. The molecule has 2 N–H and O–H groups in total. The number of hydrogen-bond acceptors (Lipinski definition) is 12. The van der Waals surface area contributed by atoms with Gasteiger partial charge in [-0.25, -0.2) is 25.7 Å². The van der Waals surface area contributed by atoms with Crippen molar-refractivity contribution in [1.82, 2.24) is 10.9 Å². The average Bonchev–Trinajstić information content (AvgIpc) is 3.11. The fourth-order valence-corrected chi connectivity index (χ4v) is 10.6. The Balaban J connectivity index is 2.06. The molecule has 0 unspecified atom stereocenters. The molecule has 3 aromatic carbocycles. The Labute approximate surface area is 536 Å². The average molecular weight is 1230 g/mol. The van der Waals surface area contributed by atoms with Gasteiger partial charge in [-0.05, 0) is 75.5 Å². The van der Waals surface area contributed by atoms with Crippen molar-refractivity contribution in [3.05, 3.63) is 42.0 Å². The molecule has 0 aliphatic carbocycles. The van der Waals surface area contributed by atoms with Gasteiger partial charge in [0.25, 0.3) is 0 Å². The van der Waals surface area contributed by atoms with Crippen LogP contribution in [0.25, 0.3) is 0 Å². The lowest BCUT2D eigenvalue weighted by Gasteiger charge is -2.42. The lowest BCUT2D eigenvalue weighted by atomic mass is 10.1. The summed E-state index contributed by atoms with van der Waals surface area (Å²) >= 11 is 0. The minimum absolute atomic E-state index is 0.393. The number of rotatable bonds is 57. The lowest BCUT2D eigenvalue weighted by molar-refractivity contribution is 0.225. The second-order valence-corrected chi connectivity index (χ2v) is 24.2. The number of nitrogens with one attached hydrogen (secondary N) is 2. The Bertz CT molecular complexity index is 2040. The van der Waals surface area contributed by atoms with Crippen LogP contribution in [-0.4, -0.2) is 65.5 Å². The van der Waals surface area contributed by atoms with Gasteiger partial charge in [-0.2, -0.15) is 0 Å². The molecule has 1 saturated heterocycles. The van der Waals surface area contributed by atoms with E-state index in [1.165, 1.54) is 0 Å². The number of unbranched alkanes of at least 4 members (excludes halogenated alkanes) is 27. The molecule has 3 aromatic rings. The van der Waals surface area contributed by atoms with Crippen molar-refractivity contribution in [2.75, 3.05) is 69.5 Å². The van der Waals surface area contributed by atoms with Crippen LogP contribution in [0.5, 0.6) is 51.7 Å². The zero-order valence-electron chi connectivity index (χ0n) is 57.3. The van der Waals surface area contributed by atoms with Crippen LogP contribution in [0, 0.1) is 0 Å². The molecule has 1 aliphatic heterocycles. The molecule has 2 amide bonds. The minimum atomic E-state index is -0.737. The number of carbonyl (C=O) groups is 1. The topological polar surface area (TPSA) is 131 Å². The summed E-state index contributed by atoms with van der Waals surface area (Å²) in [5, 5.41) is 3.23. The summed E-state index contributed by atoms with van der Waals surface area (Å²) in [5.41, 5.74) is 9.22. The van der Waals surface area contributed by atoms with Gasteiger partial charge in [0.05, 0.1) is 70.8 Å². The number of hydrazine groups is 2. The number of anilines is 2. The first-order valence-electron chi connectivity index (χ1n) is 36.2. The van der Waals surface area contributed by atoms with Crippen LogP contribution in [0.3, 0.4) is 0 Å². The summed E-state index contributed by atoms with van der Waals surface area (Å²) in [7, 11) is 0. The highest BCUT2D eigenvalue weighted by Crippen LogP contribution is 2.47. The van der Waals surface area contributed by atoms with Gasteiger partial charge in [-0.1, -0.05) is 236 Å². The SMILES string of the molecule is CCCCCCOc1cc(C2NN(c3cc(OCCCCCC)c(OCCCCCC)c(OCCCCCC)c3)C(=O)N(c3cc(OCCCCCC)c(OCCCCCC)c(OCCCCCC)c3)N2)cc(OCCCCCC)c1OCCCCCC. The van der Waals surface area contributed by atoms with Crippen LogP contribution >= 0.6 is 0 Å². The van der Waals surface area contributed by atoms with Crippen LogP contribution < -0.4 is 63.5 Å². The number of urea groups is 1. The fraction of sp³-hybridized carbons (Fsp3) is 0.743. The fourth-order valence-electron chi connectivity index (χ4n) is 10.6. The zero-order valence-corrected chi connectivity index (χ0v) is 57.3. The van der Waals surface area contributed by atoms with Crippen molar-refractivity contribution >= 4 is 17.4 Å². The van der Waals surface area contributed by atoms with Gasteiger partial charge >= 0.3 is 6.03 Å². The Hall–Kier alpha value is -4.95. The van der Waals surface area contributed by atoms with E-state index in [0.717, 1.165) is 237 Å². The smallest absolute Gasteiger partial charge is 0.358 e. The molecule has 0 atom stereocenters. The van der Waals surface area contributed by atoms with Crippen LogP contribution in [0.15, 0.2) is 36.4 Å². The van der Waals surface area contributed by atoms with Crippen molar-refractivity contribution in [2.24, 2.45) is 0 Å². The van der Waals surface area contributed by atoms with Gasteiger partial charge in [0.15, 0.2) is 34.5 Å². The lowest BCUT2D eigenvalue weighted by Crippen LogP contribution is -2.65. The summed E-state index contributed by atoms with van der Waals surface area (Å²) in [6.45, 7) is 24.6. The van der Waals surface area contributed by atoms with Crippen LogP contribution in [0.1, 0.15) is 305 Å². The Morgan fingerprint density at radius 3 is 0.670 bits per heavy atom. The highest BCUT2D eigenvalue weighted by molar-refractivity contribution is 6.04. The number of nitrogens with zero attached hydrogens (tertiary/aromatic N) is 2. The maximum Gasteiger partial charge on any atom is 0.358 e. The molecule has 88 heavy (non-hydrogen) atoms. The van der Waals surface area contributed by atoms with Gasteiger partial charge in [0.1, 0.15) is 6.17 Å². The van der Waals surface area contributed by atoms with Crippen molar-refractivity contribution in [3.63, 3.8) is 0 Å². The van der Waals surface area contributed by atoms with E-state index in [0.29, 0.717) is 123 Å². The molecule has 14 heteroatoms. The molecular weight excluding hydrogens is 1100 g/mol. The van der Waals surface area contributed by atoms with E-state index in [9.17, 15) is 0 Å². The van der Waals surface area contributed by atoms with E-state index in [1.807, 2.05) is 24.3 Å². The van der Waals surface area contributed by atoms with Gasteiger partial charge in [0.2, 0.25) is 17.2 Å². The molecule has 1 heterocycles. The third-order valence-corrected chi connectivity index (χ3v) is 16.1.